The highest BCUT2D eigenvalue weighted by Gasteiger charge is 2.23. The van der Waals surface area contributed by atoms with Crippen LogP contribution in [-0.4, -0.2) is 48.1 Å². The number of carbonyl (C=O) groups excluding carboxylic acids is 2. The van der Waals surface area contributed by atoms with Crippen LogP contribution in [0.1, 0.15) is 10.4 Å². The van der Waals surface area contributed by atoms with Crippen LogP contribution in [0.5, 0.6) is 11.6 Å². The van der Waals surface area contributed by atoms with E-state index >= 15 is 0 Å². The summed E-state index contributed by atoms with van der Waals surface area (Å²) >= 11 is 0. The number of benzene rings is 1. The molecule has 10 nitrogen and oxygen atoms in total. The first-order valence-corrected chi connectivity index (χ1v) is 10.4. The van der Waals surface area contributed by atoms with Gasteiger partial charge in [0.05, 0.1) is 18.4 Å². The normalized spacial score (nSPS) is 11.2. The average molecular weight is 441 g/mol. The summed E-state index contributed by atoms with van der Waals surface area (Å²) in [6.45, 7) is -0.393. The molecule has 0 saturated carbocycles. The topological polar surface area (TPSA) is 145 Å². The Morgan fingerprint density at radius 2 is 1.94 bits per heavy atom. The van der Waals surface area contributed by atoms with Gasteiger partial charge >= 0.3 is 0 Å². The van der Waals surface area contributed by atoms with Gasteiger partial charge in [-0.25, -0.2) is 13.4 Å². The van der Waals surface area contributed by atoms with Crippen LogP contribution < -0.4 is 15.8 Å². The van der Waals surface area contributed by atoms with Gasteiger partial charge in [0.1, 0.15) is 10.6 Å². The van der Waals surface area contributed by atoms with Crippen LogP contribution in [0.3, 0.4) is 0 Å². The maximum absolute atomic E-state index is 12.5. The van der Waals surface area contributed by atoms with Gasteiger partial charge in [-0.1, -0.05) is 6.07 Å². The van der Waals surface area contributed by atoms with E-state index in [1.807, 2.05) is 0 Å². The number of rotatable bonds is 8. The molecule has 11 heteroatoms. The maximum Gasteiger partial charge on any atom is 0.248 e. The van der Waals surface area contributed by atoms with Gasteiger partial charge in [-0.15, -0.1) is 0 Å². The van der Waals surface area contributed by atoms with Crippen LogP contribution in [0.25, 0.3) is 0 Å². The number of sulfonamides is 1. The van der Waals surface area contributed by atoms with Crippen molar-refractivity contribution in [2.45, 2.75) is 4.90 Å². The van der Waals surface area contributed by atoms with Crippen LogP contribution in [-0.2, 0) is 14.8 Å². The number of pyridine rings is 2. The monoisotopic (exact) mass is 441 g/mol. The second kappa shape index (κ2) is 9.32. The zero-order chi connectivity index (χ0) is 22.4. The van der Waals surface area contributed by atoms with E-state index in [1.54, 1.807) is 24.3 Å². The Labute approximate surface area is 178 Å². The number of ether oxygens (including phenoxy) is 1. The maximum atomic E-state index is 12.5. The molecule has 2 aromatic heterocycles. The van der Waals surface area contributed by atoms with Crippen LogP contribution in [0.4, 0.5) is 5.69 Å². The number of aromatic nitrogens is 2. The van der Waals surface area contributed by atoms with Gasteiger partial charge in [0.15, 0.2) is 0 Å². The van der Waals surface area contributed by atoms with Crippen molar-refractivity contribution >= 4 is 27.5 Å². The van der Waals surface area contributed by atoms with Gasteiger partial charge in [0, 0.05) is 31.1 Å². The Morgan fingerprint density at radius 3 is 2.58 bits per heavy atom. The summed E-state index contributed by atoms with van der Waals surface area (Å²) in [6.07, 6.45) is 4.03. The lowest BCUT2D eigenvalue weighted by atomic mass is 10.2. The van der Waals surface area contributed by atoms with E-state index < -0.39 is 28.4 Å². The van der Waals surface area contributed by atoms with Gasteiger partial charge < -0.3 is 15.8 Å². The molecule has 31 heavy (non-hydrogen) atoms. The number of hydrogen-bond acceptors (Lipinski definition) is 7. The zero-order valence-electron chi connectivity index (χ0n) is 16.4. The summed E-state index contributed by atoms with van der Waals surface area (Å²) in [5.41, 5.74) is 5.90. The fourth-order valence-electron chi connectivity index (χ4n) is 2.52. The predicted octanol–water partition coefficient (Wildman–Crippen LogP) is 1.63. The van der Waals surface area contributed by atoms with E-state index in [1.165, 1.54) is 49.9 Å². The first kappa shape index (κ1) is 21.9. The summed E-state index contributed by atoms with van der Waals surface area (Å²) in [5.74, 6) is -0.509. The third-order valence-electron chi connectivity index (χ3n) is 4.07. The van der Waals surface area contributed by atoms with Crippen molar-refractivity contribution < 1.29 is 22.7 Å². The largest absolute Gasteiger partial charge is 0.439 e. The number of nitrogens with zero attached hydrogens (tertiary/aromatic N) is 3. The first-order valence-electron chi connectivity index (χ1n) is 8.96. The fraction of sp³-hybridized carbons (Fsp3) is 0.100. The Morgan fingerprint density at radius 1 is 1.13 bits per heavy atom. The van der Waals surface area contributed by atoms with E-state index in [2.05, 4.69) is 15.3 Å². The van der Waals surface area contributed by atoms with E-state index in [4.69, 9.17) is 10.5 Å². The van der Waals surface area contributed by atoms with E-state index in [9.17, 15) is 18.0 Å². The quantitative estimate of drug-likeness (QED) is 0.540. The van der Waals surface area contributed by atoms with Crippen molar-refractivity contribution in [2.24, 2.45) is 5.73 Å². The molecule has 3 rings (SSSR count). The van der Waals surface area contributed by atoms with Crippen LogP contribution >= 0.6 is 0 Å². The molecule has 1 aromatic carbocycles. The lowest BCUT2D eigenvalue weighted by Crippen LogP contribution is -2.35. The van der Waals surface area contributed by atoms with Crippen molar-refractivity contribution in [1.29, 1.82) is 0 Å². The molecular formula is C20H19N5O5S. The lowest BCUT2D eigenvalue weighted by molar-refractivity contribution is -0.116. The molecule has 0 aliphatic heterocycles. The minimum absolute atomic E-state index is 0.00567. The Kier molecular flexibility index (Phi) is 6.58. The molecule has 160 valence electrons. The lowest BCUT2D eigenvalue weighted by Gasteiger charge is -2.16. The average Bonchev–Trinajstić information content (AvgIpc) is 2.76. The highest BCUT2D eigenvalue weighted by molar-refractivity contribution is 7.89. The number of amides is 2. The van der Waals surface area contributed by atoms with Gasteiger partial charge in [-0.2, -0.15) is 4.31 Å². The van der Waals surface area contributed by atoms with Gasteiger partial charge in [0.2, 0.25) is 27.7 Å². The van der Waals surface area contributed by atoms with Gasteiger partial charge in [0.25, 0.3) is 0 Å². The molecule has 0 fully saturated rings. The van der Waals surface area contributed by atoms with Crippen LogP contribution in [0, 0.1) is 0 Å². The zero-order valence-corrected chi connectivity index (χ0v) is 17.2. The number of carbonyl (C=O) groups is 2. The van der Waals surface area contributed by atoms with Gasteiger partial charge in [-0.3, -0.25) is 14.6 Å². The second-order valence-corrected chi connectivity index (χ2v) is 8.42. The number of anilines is 1. The van der Waals surface area contributed by atoms with Gasteiger partial charge in [-0.05, 0) is 36.4 Å². The van der Waals surface area contributed by atoms with Crippen molar-refractivity contribution in [3.63, 3.8) is 0 Å². The molecule has 0 unspecified atom stereocenters. The molecule has 0 spiro atoms. The van der Waals surface area contributed by atoms with Crippen molar-refractivity contribution in [2.75, 3.05) is 18.9 Å². The molecule has 0 radical (unpaired) electrons. The number of nitrogens with one attached hydrogen (secondary N) is 1. The second-order valence-electron chi connectivity index (χ2n) is 6.38. The summed E-state index contributed by atoms with van der Waals surface area (Å²) in [6, 6.07) is 12.3. The standard InChI is InChI=1S/C20H19N5O5S/c1-25(31(28,29)17-6-3-9-22-12-17)13-18(26)24-15-7-8-19(23-11-15)30-16-5-2-4-14(10-16)20(21)27/h2-12H,13H2,1H3,(H2,21,27)(H,24,26). The van der Waals surface area contributed by atoms with Crippen LogP contribution in [0.15, 0.2) is 72.0 Å². The van der Waals surface area contributed by atoms with Crippen molar-refractivity contribution in [3.05, 3.63) is 72.7 Å². The molecule has 0 bridgehead atoms. The summed E-state index contributed by atoms with van der Waals surface area (Å²) in [5, 5.41) is 2.57. The fourth-order valence-corrected chi connectivity index (χ4v) is 3.61. The molecule has 2 heterocycles. The molecule has 3 N–H and O–H groups in total. The first-order chi connectivity index (χ1) is 14.8. The number of likely N-dealkylation sites (N-methyl/N-ethyl adjacent to an activating group) is 1. The van der Waals surface area contributed by atoms with E-state index in [-0.39, 0.29) is 10.8 Å². The molecule has 0 atom stereocenters. The Bertz CT molecular complexity index is 1180. The smallest absolute Gasteiger partial charge is 0.248 e. The summed E-state index contributed by atoms with van der Waals surface area (Å²) < 4.78 is 31.4. The highest BCUT2D eigenvalue weighted by Crippen LogP contribution is 2.21. The molecule has 0 aliphatic carbocycles. The molecular weight excluding hydrogens is 422 g/mol. The van der Waals surface area contributed by atoms with Crippen molar-refractivity contribution in [1.82, 2.24) is 14.3 Å². The Balaban J connectivity index is 1.60. The number of hydrogen-bond donors (Lipinski definition) is 2. The van der Waals surface area contributed by atoms with Crippen molar-refractivity contribution in [3.8, 4) is 11.6 Å². The number of nitrogens with two attached hydrogens (primary N) is 1. The van der Waals surface area contributed by atoms with E-state index in [0.717, 1.165) is 4.31 Å². The predicted molar refractivity (Wildman–Crippen MR) is 112 cm³/mol. The molecule has 0 aliphatic rings. The summed E-state index contributed by atoms with van der Waals surface area (Å²) in [4.78, 5) is 31.3. The Hall–Kier alpha value is -3.83. The third kappa shape index (κ3) is 5.62. The minimum atomic E-state index is -3.84. The number of primary amides is 1. The highest BCUT2D eigenvalue weighted by atomic mass is 32.2. The molecule has 0 saturated heterocycles. The van der Waals surface area contributed by atoms with E-state index in [0.29, 0.717) is 17.0 Å². The summed E-state index contributed by atoms with van der Waals surface area (Å²) in [7, 11) is -2.53. The minimum Gasteiger partial charge on any atom is -0.439 e. The third-order valence-corrected chi connectivity index (χ3v) is 5.86. The van der Waals surface area contributed by atoms with Crippen LogP contribution in [0.2, 0.25) is 0 Å². The molecule has 3 aromatic rings. The molecule has 2 amide bonds. The SMILES string of the molecule is CN(CC(=O)Nc1ccc(Oc2cccc(C(N)=O)c2)nc1)S(=O)(=O)c1cccnc1.